The van der Waals surface area contributed by atoms with E-state index >= 15 is 0 Å². The van der Waals surface area contributed by atoms with E-state index in [1.807, 2.05) is 0 Å². The molecule has 1 heterocycles. The Morgan fingerprint density at radius 3 is 2.93 bits per heavy atom. The third kappa shape index (κ3) is 2.03. The molecule has 0 aliphatic rings. The monoisotopic (exact) mass is 289 g/mol. The number of nitrogens with zero attached hydrogens (tertiary/aromatic N) is 3. The van der Waals surface area contributed by atoms with Crippen molar-refractivity contribution in [3.05, 3.63) is 40.9 Å². The summed E-state index contributed by atoms with van der Waals surface area (Å²) in [5, 5.41) is 8.43. The number of halogens is 3. The van der Waals surface area contributed by atoms with Crippen LogP contribution in [0.4, 0.5) is 4.39 Å². The van der Waals surface area contributed by atoms with E-state index in [1.54, 1.807) is 18.3 Å². The Kier molecular flexibility index (Phi) is 3.02. The van der Waals surface area contributed by atoms with Crippen LogP contribution in [0.3, 0.4) is 0 Å². The van der Waals surface area contributed by atoms with Gasteiger partial charge in [-0.15, -0.1) is 5.10 Å². The van der Waals surface area contributed by atoms with Crippen LogP contribution < -0.4 is 0 Å². The van der Waals surface area contributed by atoms with Gasteiger partial charge in [0.05, 0.1) is 11.9 Å². The first-order valence-electron chi connectivity index (χ1n) is 4.13. The molecule has 0 atom stereocenters. The largest absolute Gasteiger partial charge is 0.214 e. The molecule has 1 aromatic heterocycles. The number of aromatic nitrogens is 3. The molecule has 0 unspecified atom stereocenters. The molecular formula is C9H6BrClFN3. The van der Waals surface area contributed by atoms with Crippen LogP contribution in [0.25, 0.3) is 5.69 Å². The topological polar surface area (TPSA) is 30.7 Å². The highest BCUT2D eigenvalue weighted by Gasteiger charge is 2.09. The minimum Gasteiger partial charge on any atom is -0.214 e. The molecule has 0 spiro atoms. The molecule has 2 rings (SSSR count). The van der Waals surface area contributed by atoms with Gasteiger partial charge in [0.25, 0.3) is 0 Å². The lowest BCUT2D eigenvalue weighted by Gasteiger charge is -2.05. The van der Waals surface area contributed by atoms with Crippen molar-refractivity contribution in [3.63, 3.8) is 0 Å². The molecule has 0 aliphatic heterocycles. The van der Waals surface area contributed by atoms with Crippen LogP contribution in [0.2, 0.25) is 5.02 Å². The highest BCUT2D eigenvalue weighted by atomic mass is 79.9. The van der Waals surface area contributed by atoms with Gasteiger partial charge in [0.2, 0.25) is 0 Å². The minimum atomic E-state index is -0.421. The van der Waals surface area contributed by atoms with Crippen LogP contribution in [-0.4, -0.2) is 15.0 Å². The second-order valence-corrected chi connectivity index (χ2v) is 3.86. The Morgan fingerprint density at radius 2 is 2.27 bits per heavy atom. The van der Waals surface area contributed by atoms with E-state index in [0.717, 1.165) is 5.69 Å². The average molecular weight is 291 g/mol. The first-order chi connectivity index (χ1) is 7.22. The van der Waals surface area contributed by atoms with E-state index in [-0.39, 0.29) is 0 Å². The van der Waals surface area contributed by atoms with Gasteiger partial charge in [-0.2, -0.15) is 0 Å². The molecule has 0 saturated carbocycles. The van der Waals surface area contributed by atoms with Gasteiger partial charge in [-0.05, 0) is 18.2 Å². The zero-order valence-corrected chi connectivity index (χ0v) is 9.83. The Bertz CT molecular complexity index is 486. The molecule has 15 heavy (non-hydrogen) atoms. The van der Waals surface area contributed by atoms with Gasteiger partial charge in [-0.3, -0.25) is 0 Å². The Balaban J connectivity index is 2.54. The van der Waals surface area contributed by atoms with Crippen molar-refractivity contribution < 1.29 is 4.39 Å². The third-order valence-corrected chi connectivity index (χ3v) is 2.70. The molecule has 0 bridgehead atoms. The zero-order valence-electron chi connectivity index (χ0n) is 7.49. The molecule has 3 nitrogen and oxygen atoms in total. The van der Waals surface area contributed by atoms with Crippen molar-refractivity contribution in [3.8, 4) is 5.69 Å². The SMILES string of the molecule is Fc1cc(Cl)ccc1-n1nncc1CBr. The number of alkyl halides is 1. The molecule has 78 valence electrons. The van der Waals surface area contributed by atoms with Gasteiger partial charge in [-0.1, -0.05) is 32.7 Å². The number of hydrogen-bond acceptors (Lipinski definition) is 2. The molecule has 0 aliphatic carbocycles. The maximum atomic E-state index is 13.5. The Hall–Kier alpha value is -0.940. The summed E-state index contributed by atoms with van der Waals surface area (Å²) in [6, 6.07) is 4.43. The van der Waals surface area contributed by atoms with E-state index in [0.29, 0.717) is 16.0 Å². The van der Waals surface area contributed by atoms with E-state index in [1.165, 1.54) is 10.7 Å². The van der Waals surface area contributed by atoms with Crippen LogP contribution >= 0.6 is 27.5 Å². The van der Waals surface area contributed by atoms with Gasteiger partial charge < -0.3 is 0 Å². The normalized spacial score (nSPS) is 10.6. The maximum absolute atomic E-state index is 13.5. The fourth-order valence-electron chi connectivity index (χ4n) is 1.20. The summed E-state index contributed by atoms with van der Waals surface area (Å²) < 4.78 is 15.0. The smallest absolute Gasteiger partial charge is 0.150 e. The standard InChI is InChI=1S/C9H6BrClFN3/c10-4-7-5-13-14-15(7)9-2-1-6(11)3-8(9)12/h1-3,5H,4H2. The summed E-state index contributed by atoms with van der Waals surface area (Å²) in [7, 11) is 0. The highest BCUT2D eigenvalue weighted by molar-refractivity contribution is 9.08. The van der Waals surface area contributed by atoms with Crippen molar-refractivity contribution in [2.75, 3.05) is 0 Å². The summed E-state index contributed by atoms with van der Waals surface area (Å²) in [5.41, 5.74) is 1.11. The Morgan fingerprint density at radius 1 is 1.47 bits per heavy atom. The lowest BCUT2D eigenvalue weighted by molar-refractivity contribution is 0.604. The van der Waals surface area contributed by atoms with Crippen molar-refractivity contribution >= 4 is 27.5 Å². The molecular weight excluding hydrogens is 284 g/mol. The lowest BCUT2D eigenvalue weighted by atomic mass is 10.3. The van der Waals surface area contributed by atoms with Crippen molar-refractivity contribution in [2.45, 2.75) is 5.33 Å². The van der Waals surface area contributed by atoms with Gasteiger partial charge in [0.15, 0.2) is 0 Å². The highest BCUT2D eigenvalue weighted by Crippen LogP contribution is 2.19. The predicted octanol–water partition coefficient (Wildman–Crippen LogP) is 2.95. The van der Waals surface area contributed by atoms with Crippen LogP contribution in [0.1, 0.15) is 5.69 Å². The first kappa shape index (κ1) is 10.6. The average Bonchev–Trinajstić information content (AvgIpc) is 2.65. The fourth-order valence-corrected chi connectivity index (χ4v) is 1.74. The molecule has 0 saturated heterocycles. The predicted molar refractivity (Wildman–Crippen MR) is 59.0 cm³/mol. The van der Waals surface area contributed by atoms with Crippen LogP contribution in [0.5, 0.6) is 0 Å². The van der Waals surface area contributed by atoms with E-state index < -0.39 is 5.82 Å². The maximum Gasteiger partial charge on any atom is 0.150 e. The van der Waals surface area contributed by atoms with Crippen LogP contribution in [0.15, 0.2) is 24.4 Å². The summed E-state index contributed by atoms with van der Waals surface area (Å²) in [6.07, 6.45) is 1.57. The first-order valence-corrected chi connectivity index (χ1v) is 5.63. The zero-order chi connectivity index (χ0) is 10.8. The van der Waals surface area contributed by atoms with Crippen molar-refractivity contribution in [2.24, 2.45) is 0 Å². The van der Waals surface area contributed by atoms with Crippen LogP contribution in [0, 0.1) is 5.82 Å². The molecule has 0 N–H and O–H groups in total. The number of rotatable bonds is 2. The fraction of sp³-hybridized carbons (Fsp3) is 0.111. The van der Waals surface area contributed by atoms with Crippen molar-refractivity contribution in [1.29, 1.82) is 0 Å². The van der Waals surface area contributed by atoms with Gasteiger partial charge in [0, 0.05) is 10.4 Å². The Labute approximate surface area is 99.0 Å². The van der Waals surface area contributed by atoms with Gasteiger partial charge >= 0.3 is 0 Å². The van der Waals surface area contributed by atoms with E-state index in [4.69, 9.17) is 11.6 Å². The summed E-state index contributed by atoms with van der Waals surface area (Å²) in [6.45, 7) is 0. The van der Waals surface area contributed by atoms with Gasteiger partial charge in [-0.25, -0.2) is 9.07 Å². The second kappa shape index (κ2) is 4.28. The molecule has 0 amide bonds. The van der Waals surface area contributed by atoms with E-state index in [9.17, 15) is 4.39 Å². The molecule has 0 radical (unpaired) electrons. The summed E-state index contributed by atoms with van der Waals surface area (Å²) in [5.74, 6) is -0.421. The van der Waals surface area contributed by atoms with E-state index in [2.05, 4.69) is 26.2 Å². The molecule has 1 aromatic carbocycles. The van der Waals surface area contributed by atoms with Gasteiger partial charge in [0.1, 0.15) is 11.5 Å². The molecule has 2 aromatic rings. The van der Waals surface area contributed by atoms with Crippen LogP contribution in [-0.2, 0) is 5.33 Å². The van der Waals surface area contributed by atoms with Crippen molar-refractivity contribution in [1.82, 2.24) is 15.0 Å². The lowest BCUT2D eigenvalue weighted by Crippen LogP contribution is -2.03. The quantitative estimate of drug-likeness (QED) is 0.796. The molecule has 6 heteroatoms. The summed E-state index contributed by atoms with van der Waals surface area (Å²) >= 11 is 8.93. The number of hydrogen-bond donors (Lipinski definition) is 0. The summed E-state index contributed by atoms with van der Waals surface area (Å²) in [4.78, 5) is 0. The molecule has 0 fully saturated rings. The minimum absolute atomic E-state index is 0.339. The second-order valence-electron chi connectivity index (χ2n) is 2.87. The third-order valence-electron chi connectivity index (χ3n) is 1.89. The number of benzene rings is 1.